The lowest BCUT2D eigenvalue weighted by molar-refractivity contribution is -0.123. The summed E-state index contributed by atoms with van der Waals surface area (Å²) in [4.78, 5) is 28.9. The third kappa shape index (κ3) is 5.81. The Hall–Kier alpha value is -4.13. The molecule has 0 aliphatic rings. The number of ether oxygens (including phenoxy) is 1. The van der Waals surface area contributed by atoms with Crippen LogP contribution in [0.25, 0.3) is 10.9 Å². The molecule has 0 saturated carbocycles. The molecule has 0 fully saturated rings. The molecule has 3 N–H and O–H groups in total. The highest BCUT2D eigenvalue weighted by atomic mass is 19.1. The molecule has 0 radical (unpaired) electrons. The molecule has 0 spiro atoms. The van der Waals surface area contributed by atoms with Crippen LogP contribution in [0.3, 0.4) is 0 Å². The van der Waals surface area contributed by atoms with Crippen LogP contribution in [0.5, 0.6) is 0 Å². The number of aromatic amines is 1. The van der Waals surface area contributed by atoms with Crippen molar-refractivity contribution in [2.75, 3.05) is 0 Å². The van der Waals surface area contributed by atoms with E-state index in [9.17, 15) is 14.0 Å². The van der Waals surface area contributed by atoms with Crippen molar-refractivity contribution in [1.82, 2.24) is 15.6 Å². The summed E-state index contributed by atoms with van der Waals surface area (Å²) in [7, 11) is 0. The first-order valence-electron chi connectivity index (χ1n) is 11.1. The van der Waals surface area contributed by atoms with E-state index in [4.69, 9.17) is 4.74 Å². The molecule has 0 aliphatic carbocycles. The fourth-order valence-corrected chi connectivity index (χ4v) is 3.81. The van der Waals surface area contributed by atoms with Crippen LogP contribution < -0.4 is 10.6 Å². The van der Waals surface area contributed by atoms with Gasteiger partial charge in [0.2, 0.25) is 5.91 Å². The molecule has 3 aromatic carbocycles. The highest BCUT2D eigenvalue weighted by Crippen LogP contribution is 2.20. The summed E-state index contributed by atoms with van der Waals surface area (Å²) in [5, 5.41) is 6.54. The van der Waals surface area contributed by atoms with E-state index in [0.29, 0.717) is 5.56 Å². The number of para-hydroxylation sites is 1. The molecule has 6 nitrogen and oxygen atoms in total. The van der Waals surface area contributed by atoms with Crippen LogP contribution in [0.1, 0.15) is 29.7 Å². The van der Waals surface area contributed by atoms with Gasteiger partial charge in [0.1, 0.15) is 18.5 Å². The van der Waals surface area contributed by atoms with Crippen molar-refractivity contribution >= 4 is 22.9 Å². The molecule has 1 unspecified atom stereocenters. The summed E-state index contributed by atoms with van der Waals surface area (Å²) in [6.07, 6.45) is 1.40. The van der Waals surface area contributed by atoms with E-state index < -0.39 is 24.1 Å². The predicted octanol–water partition coefficient (Wildman–Crippen LogP) is 5.02. The van der Waals surface area contributed by atoms with E-state index in [1.165, 1.54) is 12.1 Å². The summed E-state index contributed by atoms with van der Waals surface area (Å²) >= 11 is 0. The number of nitrogens with one attached hydrogen (secondary N) is 3. The fourth-order valence-electron chi connectivity index (χ4n) is 3.81. The average molecular weight is 460 g/mol. The fraction of sp³-hybridized carbons (Fsp3) is 0.185. The Balaban J connectivity index is 1.49. The van der Waals surface area contributed by atoms with E-state index in [1.54, 1.807) is 19.1 Å². The molecule has 0 aliphatic heterocycles. The lowest BCUT2D eigenvalue weighted by atomic mass is 10.0. The number of amides is 2. The minimum atomic E-state index is -0.890. The highest BCUT2D eigenvalue weighted by Gasteiger charge is 2.25. The van der Waals surface area contributed by atoms with Crippen molar-refractivity contribution in [3.8, 4) is 0 Å². The van der Waals surface area contributed by atoms with Gasteiger partial charge in [-0.2, -0.15) is 0 Å². The first-order valence-corrected chi connectivity index (χ1v) is 11.1. The molecule has 2 amide bonds. The first-order chi connectivity index (χ1) is 16.5. The Labute approximate surface area is 197 Å². The maximum Gasteiger partial charge on any atom is 0.408 e. The number of H-pyrrole nitrogens is 1. The van der Waals surface area contributed by atoms with E-state index in [1.807, 2.05) is 60.8 Å². The van der Waals surface area contributed by atoms with Crippen LogP contribution >= 0.6 is 0 Å². The van der Waals surface area contributed by atoms with Crippen LogP contribution in [0, 0.1) is 5.82 Å². The first kappa shape index (κ1) is 23.0. The molecule has 0 bridgehead atoms. The monoisotopic (exact) mass is 459 g/mol. The number of rotatable bonds is 8. The Morgan fingerprint density at radius 3 is 2.53 bits per heavy atom. The Morgan fingerprint density at radius 2 is 1.74 bits per heavy atom. The van der Waals surface area contributed by atoms with Gasteiger partial charge >= 0.3 is 6.09 Å². The molecule has 0 saturated heterocycles. The van der Waals surface area contributed by atoms with Gasteiger partial charge in [-0.3, -0.25) is 4.79 Å². The number of halogens is 1. The largest absolute Gasteiger partial charge is 0.445 e. The Morgan fingerprint density at radius 1 is 0.971 bits per heavy atom. The molecule has 1 heterocycles. The van der Waals surface area contributed by atoms with Crippen molar-refractivity contribution in [3.05, 3.63) is 108 Å². The highest BCUT2D eigenvalue weighted by molar-refractivity contribution is 5.88. The zero-order valence-electron chi connectivity index (χ0n) is 18.8. The molecule has 7 heteroatoms. The van der Waals surface area contributed by atoms with Gasteiger partial charge < -0.3 is 20.4 Å². The van der Waals surface area contributed by atoms with Crippen molar-refractivity contribution in [2.45, 2.75) is 32.0 Å². The third-order valence-corrected chi connectivity index (χ3v) is 5.63. The maximum atomic E-state index is 13.6. The van der Waals surface area contributed by atoms with Gasteiger partial charge in [0.05, 0.1) is 6.04 Å². The maximum absolute atomic E-state index is 13.6. The van der Waals surface area contributed by atoms with E-state index >= 15 is 0 Å². The summed E-state index contributed by atoms with van der Waals surface area (Å²) in [5.41, 5.74) is 3.30. The second-order valence-electron chi connectivity index (χ2n) is 8.11. The zero-order chi connectivity index (χ0) is 23.9. The van der Waals surface area contributed by atoms with Crippen LogP contribution in [-0.2, 0) is 22.6 Å². The number of carbonyl (C=O) groups excluding carboxylic acids is 2. The van der Waals surface area contributed by atoms with Crippen LogP contribution in [0.15, 0.2) is 85.1 Å². The van der Waals surface area contributed by atoms with Gasteiger partial charge in [-0.05, 0) is 41.8 Å². The van der Waals surface area contributed by atoms with Crippen LogP contribution in [0.4, 0.5) is 9.18 Å². The quantitative estimate of drug-likeness (QED) is 0.346. The predicted molar refractivity (Wildman–Crippen MR) is 129 cm³/mol. The molecule has 1 aromatic heterocycles. The smallest absolute Gasteiger partial charge is 0.408 e. The van der Waals surface area contributed by atoms with E-state index in [0.717, 1.165) is 22.0 Å². The van der Waals surface area contributed by atoms with Crippen molar-refractivity contribution < 1.29 is 18.7 Å². The molecule has 4 rings (SSSR count). The standard InChI is InChI=1S/C27H26FN3O3/c1-18(20-10-7-11-22(28)14-20)30-26(32)25(15-21-16-29-24-13-6-5-12-23(21)24)31-27(33)34-17-19-8-3-2-4-9-19/h2-14,16,18,25,29H,15,17H2,1H3,(H,30,32)(H,31,33)/t18?,25-/m0/s1. The normalized spacial score (nSPS) is 12.6. The Bertz CT molecular complexity index is 1270. The van der Waals surface area contributed by atoms with Crippen LogP contribution in [-0.4, -0.2) is 23.0 Å². The number of carbonyl (C=O) groups is 2. The summed E-state index contributed by atoms with van der Waals surface area (Å²) in [6, 6.07) is 21.8. The minimum absolute atomic E-state index is 0.0911. The molecule has 34 heavy (non-hydrogen) atoms. The summed E-state index contributed by atoms with van der Waals surface area (Å²) in [6.45, 7) is 1.86. The lowest BCUT2D eigenvalue weighted by Gasteiger charge is -2.21. The average Bonchev–Trinajstić information content (AvgIpc) is 3.26. The van der Waals surface area contributed by atoms with Gasteiger partial charge in [-0.25, -0.2) is 9.18 Å². The number of benzene rings is 3. The van der Waals surface area contributed by atoms with Gasteiger partial charge in [0, 0.05) is 23.5 Å². The van der Waals surface area contributed by atoms with Crippen molar-refractivity contribution in [1.29, 1.82) is 0 Å². The third-order valence-electron chi connectivity index (χ3n) is 5.63. The zero-order valence-corrected chi connectivity index (χ0v) is 18.8. The second-order valence-corrected chi connectivity index (χ2v) is 8.11. The number of hydrogen-bond acceptors (Lipinski definition) is 3. The summed E-state index contributed by atoms with van der Waals surface area (Å²) in [5.74, 6) is -0.768. The molecule has 174 valence electrons. The minimum Gasteiger partial charge on any atom is -0.445 e. The number of alkyl carbamates (subject to hydrolysis) is 1. The van der Waals surface area contributed by atoms with Gasteiger partial charge in [0.15, 0.2) is 0 Å². The number of aromatic nitrogens is 1. The van der Waals surface area contributed by atoms with Gasteiger partial charge in [0.25, 0.3) is 0 Å². The number of hydrogen-bond donors (Lipinski definition) is 3. The number of fused-ring (bicyclic) bond motifs is 1. The summed E-state index contributed by atoms with van der Waals surface area (Å²) < 4.78 is 19.0. The van der Waals surface area contributed by atoms with Crippen molar-refractivity contribution in [2.24, 2.45) is 0 Å². The topological polar surface area (TPSA) is 83.2 Å². The molecule has 4 aromatic rings. The second kappa shape index (κ2) is 10.7. The molecular weight excluding hydrogens is 433 g/mol. The molecular formula is C27H26FN3O3. The molecule has 2 atom stereocenters. The van der Waals surface area contributed by atoms with E-state index in [2.05, 4.69) is 15.6 Å². The van der Waals surface area contributed by atoms with E-state index in [-0.39, 0.29) is 18.8 Å². The van der Waals surface area contributed by atoms with Gasteiger partial charge in [-0.15, -0.1) is 0 Å². The Kier molecular flexibility index (Phi) is 7.22. The van der Waals surface area contributed by atoms with Crippen LogP contribution in [0.2, 0.25) is 0 Å². The lowest BCUT2D eigenvalue weighted by Crippen LogP contribution is -2.48. The SMILES string of the molecule is CC(NC(=O)[C@H](Cc1c[nH]c2ccccc12)NC(=O)OCc1ccccc1)c1cccc(F)c1. The van der Waals surface area contributed by atoms with Crippen molar-refractivity contribution in [3.63, 3.8) is 0 Å². The van der Waals surface area contributed by atoms with Gasteiger partial charge in [-0.1, -0.05) is 60.7 Å².